The fourth-order valence-corrected chi connectivity index (χ4v) is 0.977. The van der Waals surface area contributed by atoms with E-state index in [1.54, 1.807) is 0 Å². The molecular weight excluding hydrogens is 132 g/mol. The summed E-state index contributed by atoms with van der Waals surface area (Å²) in [5, 5.41) is 17.7. The van der Waals surface area contributed by atoms with E-state index in [2.05, 4.69) is 0 Å². The van der Waals surface area contributed by atoms with Crippen molar-refractivity contribution in [2.45, 2.75) is 26.1 Å². The van der Waals surface area contributed by atoms with Gasteiger partial charge in [0.25, 0.3) is 0 Å². The molecule has 0 spiro atoms. The SMILES string of the molecule is COC(C(C)C)[C@@H](O)CO. The Bertz CT molecular complexity index is 82.9. The van der Waals surface area contributed by atoms with E-state index in [1.165, 1.54) is 7.11 Å². The van der Waals surface area contributed by atoms with E-state index in [-0.39, 0.29) is 18.6 Å². The Morgan fingerprint density at radius 1 is 1.40 bits per heavy atom. The third-order valence-corrected chi connectivity index (χ3v) is 1.50. The first-order valence-corrected chi connectivity index (χ1v) is 3.45. The highest BCUT2D eigenvalue weighted by Gasteiger charge is 2.20. The molecule has 0 bridgehead atoms. The van der Waals surface area contributed by atoms with Gasteiger partial charge in [0.1, 0.15) is 6.10 Å². The first-order chi connectivity index (χ1) is 4.63. The highest BCUT2D eigenvalue weighted by molar-refractivity contribution is 4.70. The molecule has 0 fully saturated rings. The molecule has 0 radical (unpaired) electrons. The molecule has 0 heterocycles. The topological polar surface area (TPSA) is 49.7 Å². The van der Waals surface area contributed by atoms with Crippen LogP contribution in [0.5, 0.6) is 0 Å². The fourth-order valence-electron chi connectivity index (χ4n) is 0.977. The van der Waals surface area contributed by atoms with Gasteiger partial charge in [0.05, 0.1) is 12.7 Å². The molecule has 0 aromatic heterocycles. The molecule has 0 aromatic rings. The van der Waals surface area contributed by atoms with Crippen molar-refractivity contribution < 1.29 is 14.9 Å². The first kappa shape index (κ1) is 9.88. The van der Waals surface area contributed by atoms with Gasteiger partial charge >= 0.3 is 0 Å². The second-order valence-electron chi connectivity index (χ2n) is 2.69. The van der Waals surface area contributed by atoms with Crippen LogP contribution in [0.15, 0.2) is 0 Å². The van der Waals surface area contributed by atoms with Gasteiger partial charge in [-0.3, -0.25) is 0 Å². The number of hydrogen-bond acceptors (Lipinski definition) is 3. The minimum Gasteiger partial charge on any atom is -0.394 e. The summed E-state index contributed by atoms with van der Waals surface area (Å²) in [6.45, 7) is 3.64. The van der Waals surface area contributed by atoms with E-state index in [9.17, 15) is 0 Å². The Balaban J connectivity index is 3.80. The van der Waals surface area contributed by atoms with Crippen molar-refractivity contribution in [1.82, 2.24) is 0 Å². The van der Waals surface area contributed by atoms with Crippen LogP contribution >= 0.6 is 0 Å². The molecule has 0 aliphatic rings. The summed E-state index contributed by atoms with van der Waals surface area (Å²) in [6, 6.07) is 0. The van der Waals surface area contributed by atoms with Crippen molar-refractivity contribution in [3.8, 4) is 0 Å². The number of methoxy groups -OCH3 is 1. The van der Waals surface area contributed by atoms with E-state index in [4.69, 9.17) is 14.9 Å². The van der Waals surface area contributed by atoms with Crippen LogP contribution in [0.25, 0.3) is 0 Å². The van der Waals surface area contributed by atoms with Crippen molar-refractivity contribution in [3.05, 3.63) is 0 Å². The minimum atomic E-state index is -0.759. The lowest BCUT2D eigenvalue weighted by Crippen LogP contribution is -2.35. The van der Waals surface area contributed by atoms with Crippen molar-refractivity contribution in [2.75, 3.05) is 13.7 Å². The van der Waals surface area contributed by atoms with Gasteiger partial charge in [0.2, 0.25) is 0 Å². The van der Waals surface area contributed by atoms with Crippen LogP contribution in [-0.2, 0) is 4.74 Å². The van der Waals surface area contributed by atoms with E-state index >= 15 is 0 Å². The van der Waals surface area contributed by atoms with Gasteiger partial charge in [-0.2, -0.15) is 0 Å². The second-order valence-corrected chi connectivity index (χ2v) is 2.69. The zero-order chi connectivity index (χ0) is 8.15. The van der Waals surface area contributed by atoms with Gasteiger partial charge in [-0.05, 0) is 5.92 Å². The number of aliphatic hydroxyl groups is 2. The highest BCUT2D eigenvalue weighted by Crippen LogP contribution is 2.09. The summed E-state index contributed by atoms with van der Waals surface area (Å²) in [5.41, 5.74) is 0. The molecule has 2 N–H and O–H groups in total. The lowest BCUT2D eigenvalue weighted by atomic mass is 10.0. The Morgan fingerprint density at radius 3 is 2.00 bits per heavy atom. The standard InChI is InChI=1S/C7H16O3/c1-5(2)7(10-3)6(9)4-8/h5-9H,4H2,1-3H3/t6-,7?/m0/s1. The number of aliphatic hydroxyl groups excluding tert-OH is 2. The Kier molecular flexibility index (Phi) is 4.60. The molecule has 0 amide bonds. The van der Waals surface area contributed by atoms with Crippen LogP contribution in [0.1, 0.15) is 13.8 Å². The molecular formula is C7H16O3. The minimum absolute atomic E-state index is 0.229. The van der Waals surface area contributed by atoms with Crippen molar-refractivity contribution in [1.29, 1.82) is 0 Å². The van der Waals surface area contributed by atoms with Gasteiger partial charge < -0.3 is 14.9 Å². The zero-order valence-corrected chi connectivity index (χ0v) is 6.74. The summed E-state index contributed by atoms with van der Waals surface area (Å²) in [7, 11) is 1.53. The summed E-state index contributed by atoms with van der Waals surface area (Å²) in [6.07, 6.45) is -1.02. The Hall–Kier alpha value is -0.120. The lowest BCUT2D eigenvalue weighted by molar-refractivity contribution is -0.0589. The molecule has 0 saturated heterocycles. The van der Waals surface area contributed by atoms with Crippen LogP contribution in [0, 0.1) is 5.92 Å². The molecule has 0 aliphatic heterocycles. The van der Waals surface area contributed by atoms with E-state index < -0.39 is 6.10 Å². The Morgan fingerprint density at radius 2 is 1.90 bits per heavy atom. The third kappa shape index (κ3) is 2.64. The number of hydrogen-bond donors (Lipinski definition) is 2. The van der Waals surface area contributed by atoms with Gasteiger partial charge in [-0.15, -0.1) is 0 Å². The normalized spacial score (nSPS) is 17.4. The maximum absolute atomic E-state index is 9.11. The van der Waals surface area contributed by atoms with E-state index in [1.807, 2.05) is 13.8 Å². The maximum atomic E-state index is 9.11. The molecule has 2 atom stereocenters. The average molecular weight is 148 g/mol. The average Bonchev–Trinajstić information content (AvgIpc) is 1.88. The third-order valence-electron chi connectivity index (χ3n) is 1.50. The number of ether oxygens (including phenoxy) is 1. The fraction of sp³-hybridized carbons (Fsp3) is 1.00. The molecule has 10 heavy (non-hydrogen) atoms. The quantitative estimate of drug-likeness (QED) is 0.590. The van der Waals surface area contributed by atoms with Crippen molar-refractivity contribution >= 4 is 0 Å². The molecule has 0 aliphatic carbocycles. The van der Waals surface area contributed by atoms with Crippen molar-refractivity contribution in [3.63, 3.8) is 0 Å². The van der Waals surface area contributed by atoms with E-state index in [0.29, 0.717) is 0 Å². The zero-order valence-electron chi connectivity index (χ0n) is 6.74. The Labute approximate surface area is 61.6 Å². The second kappa shape index (κ2) is 4.66. The highest BCUT2D eigenvalue weighted by atomic mass is 16.5. The molecule has 3 nitrogen and oxygen atoms in total. The molecule has 1 unspecified atom stereocenters. The van der Waals surface area contributed by atoms with Crippen molar-refractivity contribution in [2.24, 2.45) is 5.92 Å². The summed E-state index contributed by atoms with van der Waals surface area (Å²) < 4.78 is 4.95. The summed E-state index contributed by atoms with van der Waals surface area (Å²) >= 11 is 0. The monoisotopic (exact) mass is 148 g/mol. The van der Waals surface area contributed by atoms with Gasteiger partial charge in [0, 0.05) is 7.11 Å². The van der Waals surface area contributed by atoms with Crippen LogP contribution in [0.3, 0.4) is 0 Å². The molecule has 62 valence electrons. The van der Waals surface area contributed by atoms with Gasteiger partial charge in [-0.25, -0.2) is 0 Å². The summed E-state index contributed by atoms with van der Waals surface area (Å²) in [5.74, 6) is 0.229. The maximum Gasteiger partial charge on any atom is 0.103 e. The lowest BCUT2D eigenvalue weighted by Gasteiger charge is -2.22. The van der Waals surface area contributed by atoms with E-state index in [0.717, 1.165) is 0 Å². The first-order valence-electron chi connectivity index (χ1n) is 3.45. The molecule has 0 saturated carbocycles. The van der Waals surface area contributed by atoms with Crippen LogP contribution < -0.4 is 0 Å². The molecule has 3 heteroatoms. The van der Waals surface area contributed by atoms with Crippen LogP contribution in [-0.4, -0.2) is 36.1 Å². The smallest absolute Gasteiger partial charge is 0.103 e. The van der Waals surface area contributed by atoms with Gasteiger partial charge in [-0.1, -0.05) is 13.8 Å². The molecule has 0 aromatic carbocycles. The largest absolute Gasteiger partial charge is 0.394 e. The van der Waals surface area contributed by atoms with Crippen LogP contribution in [0.4, 0.5) is 0 Å². The number of rotatable bonds is 4. The predicted octanol–water partition coefficient (Wildman–Crippen LogP) is 0.0106. The van der Waals surface area contributed by atoms with Gasteiger partial charge in [0.15, 0.2) is 0 Å². The predicted molar refractivity (Wildman–Crippen MR) is 38.7 cm³/mol. The molecule has 0 rings (SSSR count). The van der Waals surface area contributed by atoms with Crippen LogP contribution in [0.2, 0.25) is 0 Å². The summed E-state index contributed by atoms with van der Waals surface area (Å²) in [4.78, 5) is 0.